The third-order valence-electron chi connectivity index (χ3n) is 3.72. The van der Waals surface area contributed by atoms with Crippen LogP contribution in [0, 0.1) is 0 Å². The molecule has 3 rings (SSSR count). The zero-order valence-corrected chi connectivity index (χ0v) is 14.0. The second-order valence-corrected chi connectivity index (χ2v) is 6.17. The molecule has 1 saturated heterocycles. The summed E-state index contributed by atoms with van der Waals surface area (Å²) in [5.74, 6) is 0.398. The van der Waals surface area contributed by atoms with Gasteiger partial charge in [0, 0.05) is 0 Å². The van der Waals surface area contributed by atoms with E-state index in [1.807, 2.05) is 31.2 Å². The van der Waals surface area contributed by atoms with Crippen molar-refractivity contribution < 1.29 is 19.4 Å². The van der Waals surface area contributed by atoms with Crippen molar-refractivity contribution in [3.63, 3.8) is 0 Å². The van der Waals surface area contributed by atoms with Crippen molar-refractivity contribution in [3.8, 4) is 11.5 Å². The van der Waals surface area contributed by atoms with E-state index in [9.17, 15) is 14.7 Å². The fourth-order valence-electron chi connectivity index (χ4n) is 2.41. The molecule has 122 valence electrons. The van der Waals surface area contributed by atoms with Gasteiger partial charge < -0.3 is 9.84 Å². The maximum atomic E-state index is 12.7. The summed E-state index contributed by atoms with van der Waals surface area (Å²) in [5.41, 5.74) is 1.98. The number of aromatic hydroxyl groups is 1. The second kappa shape index (κ2) is 6.41. The van der Waals surface area contributed by atoms with E-state index < -0.39 is 0 Å². The molecular weight excluding hydrogens is 326 g/mol. The first-order valence-electron chi connectivity index (χ1n) is 7.22. The monoisotopic (exact) mass is 341 g/mol. The van der Waals surface area contributed by atoms with E-state index in [2.05, 4.69) is 0 Å². The van der Waals surface area contributed by atoms with Gasteiger partial charge in [0.2, 0.25) is 0 Å². The highest BCUT2D eigenvalue weighted by Gasteiger charge is 2.37. The summed E-state index contributed by atoms with van der Waals surface area (Å²) in [6.07, 6.45) is 0. The number of ether oxygens (including phenoxy) is 1. The van der Waals surface area contributed by atoms with Gasteiger partial charge in [-0.25, -0.2) is 4.90 Å². The summed E-state index contributed by atoms with van der Waals surface area (Å²) in [6.45, 7) is 1.81. The number of carbonyl (C=O) groups is 2. The minimum absolute atomic E-state index is 0.0776. The number of nitrogens with zero attached hydrogens (tertiary/aromatic N) is 1. The Morgan fingerprint density at radius 2 is 1.83 bits per heavy atom. The number of imide groups is 1. The van der Waals surface area contributed by atoms with E-state index in [1.54, 1.807) is 7.11 Å². The summed E-state index contributed by atoms with van der Waals surface area (Å²) < 4.78 is 5.20. The van der Waals surface area contributed by atoms with E-state index in [-0.39, 0.29) is 16.9 Å². The molecule has 1 aliphatic heterocycles. The molecule has 1 fully saturated rings. The Kier molecular flexibility index (Phi) is 4.31. The van der Waals surface area contributed by atoms with E-state index in [4.69, 9.17) is 4.74 Å². The fraction of sp³-hybridized carbons (Fsp3) is 0.111. The molecule has 24 heavy (non-hydrogen) atoms. The van der Waals surface area contributed by atoms with Crippen LogP contribution in [0.5, 0.6) is 11.5 Å². The molecule has 0 spiro atoms. The van der Waals surface area contributed by atoms with Gasteiger partial charge in [-0.2, -0.15) is 0 Å². The maximum absolute atomic E-state index is 12.7. The number of anilines is 1. The van der Waals surface area contributed by atoms with Crippen molar-refractivity contribution in [2.45, 2.75) is 6.92 Å². The third kappa shape index (κ3) is 2.88. The van der Waals surface area contributed by atoms with Crippen LogP contribution in [0.2, 0.25) is 0 Å². The first-order valence-corrected chi connectivity index (χ1v) is 8.03. The van der Waals surface area contributed by atoms with Crippen molar-refractivity contribution in [1.82, 2.24) is 0 Å². The molecule has 6 heteroatoms. The number of benzene rings is 2. The molecule has 2 aromatic carbocycles. The van der Waals surface area contributed by atoms with Gasteiger partial charge in [-0.3, -0.25) is 9.59 Å². The molecular formula is C18H15NO4S. The van der Waals surface area contributed by atoms with Gasteiger partial charge in [-0.1, -0.05) is 12.1 Å². The van der Waals surface area contributed by atoms with Gasteiger partial charge in [0.15, 0.2) is 0 Å². The minimum atomic E-state index is -0.365. The van der Waals surface area contributed by atoms with Crippen molar-refractivity contribution in [2.75, 3.05) is 12.0 Å². The molecule has 2 aromatic rings. The molecule has 0 atom stereocenters. The minimum Gasteiger partial charge on any atom is -0.508 e. The Morgan fingerprint density at radius 3 is 2.50 bits per heavy atom. The van der Waals surface area contributed by atoms with Crippen LogP contribution < -0.4 is 9.64 Å². The van der Waals surface area contributed by atoms with E-state index in [0.717, 1.165) is 27.8 Å². The molecule has 0 saturated carbocycles. The number of hydrogen-bond donors (Lipinski definition) is 1. The lowest BCUT2D eigenvalue weighted by Crippen LogP contribution is -2.27. The van der Waals surface area contributed by atoms with Crippen molar-refractivity contribution >= 4 is 34.2 Å². The van der Waals surface area contributed by atoms with Gasteiger partial charge in [-0.05, 0) is 66.2 Å². The van der Waals surface area contributed by atoms with E-state index in [1.165, 1.54) is 24.3 Å². The normalized spacial score (nSPS) is 16.5. The molecule has 0 unspecified atom stereocenters. The number of phenolic OH excluding ortho intramolecular Hbond substituents is 1. The molecule has 0 aromatic heterocycles. The highest BCUT2D eigenvalue weighted by atomic mass is 32.2. The van der Waals surface area contributed by atoms with Crippen LogP contribution in [0.4, 0.5) is 10.5 Å². The summed E-state index contributed by atoms with van der Waals surface area (Å²) in [6, 6.07) is 13.3. The number of amides is 2. The van der Waals surface area contributed by atoms with Crippen molar-refractivity contribution in [2.24, 2.45) is 0 Å². The second-order valence-electron chi connectivity index (χ2n) is 5.21. The first kappa shape index (κ1) is 16.1. The topological polar surface area (TPSA) is 66.8 Å². The van der Waals surface area contributed by atoms with E-state index in [0.29, 0.717) is 16.3 Å². The molecule has 2 amide bonds. The Bertz CT molecular complexity index is 842. The largest absolute Gasteiger partial charge is 0.508 e. The lowest BCUT2D eigenvalue weighted by atomic mass is 10.1. The summed E-state index contributed by atoms with van der Waals surface area (Å²) in [7, 11) is 1.58. The molecule has 5 nitrogen and oxygen atoms in total. The van der Waals surface area contributed by atoms with Crippen LogP contribution in [0.1, 0.15) is 12.5 Å². The van der Waals surface area contributed by atoms with Gasteiger partial charge in [0.1, 0.15) is 11.5 Å². The quantitative estimate of drug-likeness (QED) is 0.854. The van der Waals surface area contributed by atoms with Crippen molar-refractivity contribution in [3.05, 3.63) is 59.0 Å². The number of hydrogen-bond acceptors (Lipinski definition) is 5. The summed E-state index contributed by atoms with van der Waals surface area (Å²) in [4.78, 5) is 26.5. The highest BCUT2D eigenvalue weighted by Crippen LogP contribution is 2.39. The number of allylic oxidation sites excluding steroid dienone is 1. The number of thioether (sulfide) groups is 1. The molecule has 1 N–H and O–H groups in total. The lowest BCUT2D eigenvalue weighted by Gasteiger charge is -2.12. The predicted octanol–water partition coefficient (Wildman–Crippen LogP) is 4.03. The number of phenols is 1. The standard InChI is InChI=1S/C18H15NO4S/c1-11(12-4-3-5-15(10-12)23-2)16-17(21)19(18(22)24-16)13-6-8-14(20)9-7-13/h3-10,20H,1-2H3/b16-11-. The van der Waals surface area contributed by atoms with Crippen LogP contribution >= 0.6 is 11.8 Å². The summed E-state index contributed by atoms with van der Waals surface area (Å²) >= 11 is 0.911. The van der Waals surface area contributed by atoms with Crippen LogP contribution in [0.25, 0.3) is 5.57 Å². The maximum Gasteiger partial charge on any atom is 0.298 e. The highest BCUT2D eigenvalue weighted by molar-refractivity contribution is 8.19. The van der Waals surface area contributed by atoms with E-state index >= 15 is 0 Å². The van der Waals surface area contributed by atoms with Gasteiger partial charge in [0.25, 0.3) is 11.1 Å². The Morgan fingerprint density at radius 1 is 1.12 bits per heavy atom. The van der Waals surface area contributed by atoms with Gasteiger partial charge in [-0.15, -0.1) is 0 Å². The van der Waals surface area contributed by atoms with Crippen LogP contribution in [-0.2, 0) is 4.79 Å². The zero-order chi connectivity index (χ0) is 17.3. The number of carbonyl (C=O) groups excluding carboxylic acids is 2. The Balaban J connectivity index is 1.99. The molecule has 1 heterocycles. The van der Waals surface area contributed by atoms with Crippen LogP contribution in [0.3, 0.4) is 0 Å². The van der Waals surface area contributed by atoms with Crippen LogP contribution in [-0.4, -0.2) is 23.4 Å². The predicted molar refractivity (Wildman–Crippen MR) is 94.2 cm³/mol. The molecule has 1 aliphatic rings. The molecule has 0 radical (unpaired) electrons. The Hall–Kier alpha value is -2.73. The van der Waals surface area contributed by atoms with Crippen LogP contribution in [0.15, 0.2) is 53.4 Å². The average Bonchev–Trinajstić information content (AvgIpc) is 2.90. The SMILES string of the molecule is COc1cccc(/C(C)=C2\SC(=O)N(c3ccc(O)cc3)C2=O)c1. The number of methoxy groups -OCH3 is 1. The van der Waals surface area contributed by atoms with Gasteiger partial charge >= 0.3 is 0 Å². The lowest BCUT2D eigenvalue weighted by molar-refractivity contribution is -0.113. The first-order chi connectivity index (χ1) is 11.5. The number of rotatable bonds is 3. The fourth-order valence-corrected chi connectivity index (χ4v) is 3.31. The third-order valence-corrected chi connectivity index (χ3v) is 4.76. The smallest absolute Gasteiger partial charge is 0.298 e. The van der Waals surface area contributed by atoms with Crippen molar-refractivity contribution in [1.29, 1.82) is 0 Å². The van der Waals surface area contributed by atoms with Gasteiger partial charge in [0.05, 0.1) is 17.7 Å². The molecule has 0 aliphatic carbocycles. The zero-order valence-electron chi connectivity index (χ0n) is 13.1. The Labute approximate surface area is 143 Å². The summed E-state index contributed by atoms with van der Waals surface area (Å²) in [5, 5.41) is 9.00. The molecule has 0 bridgehead atoms. The average molecular weight is 341 g/mol.